The summed E-state index contributed by atoms with van der Waals surface area (Å²) >= 11 is 19.2. The molecule has 29 heavy (non-hydrogen) atoms. The highest BCUT2D eigenvalue weighted by atomic mass is 35.5. The molecule has 0 aliphatic carbocycles. The van der Waals surface area contributed by atoms with Crippen molar-refractivity contribution in [2.45, 2.75) is 0 Å². The summed E-state index contributed by atoms with van der Waals surface area (Å²) in [5, 5.41) is 7.71. The number of thiocarbonyl (C=S) groups is 1. The molecular weight excluding hydrogens is 445 g/mol. The summed E-state index contributed by atoms with van der Waals surface area (Å²) in [6.45, 7) is 0. The van der Waals surface area contributed by atoms with Gasteiger partial charge in [-0.05, 0) is 60.7 Å². The van der Waals surface area contributed by atoms with Gasteiger partial charge in [0.25, 0.3) is 5.91 Å². The van der Waals surface area contributed by atoms with Gasteiger partial charge in [-0.3, -0.25) is 10.1 Å². The molecule has 0 atom stereocenters. The van der Waals surface area contributed by atoms with Gasteiger partial charge in [0.15, 0.2) is 5.11 Å². The fourth-order valence-electron chi connectivity index (χ4n) is 2.72. The van der Waals surface area contributed by atoms with Gasteiger partial charge in [-0.1, -0.05) is 41.4 Å². The van der Waals surface area contributed by atoms with Crippen LogP contribution in [0.1, 0.15) is 10.4 Å². The number of aromatic nitrogens is 1. The van der Waals surface area contributed by atoms with Gasteiger partial charge in [0.1, 0.15) is 5.01 Å². The molecule has 0 fully saturated rings. The predicted octanol–water partition coefficient (Wildman–Crippen LogP) is 6.40. The van der Waals surface area contributed by atoms with Gasteiger partial charge < -0.3 is 5.32 Å². The van der Waals surface area contributed by atoms with Crippen molar-refractivity contribution in [3.8, 4) is 10.6 Å². The quantitative estimate of drug-likeness (QED) is 0.349. The van der Waals surface area contributed by atoms with Crippen LogP contribution in [0.15, 0.2) is 66.7 Å². The topological polar surface area (TPSA) is 54.0 Å². The van der Waals surface area contributed by atoms with Crippen LogP contribution in [0.2, 0.25) is 10.0 Å². The van der Waals surface area contributed by atoms with E-state index in [9.17, 15) is 4.79 Å². The van der Waals surface area contributed by atoms with E-state index in [0.29, 0.717) is 21.3 Å². The molecule has 2 N–H and O–H groups in total. The molecule has 0 bridgehead atoms. The maximum absolute atomic E-state index is 12.3. The van der Waals surface area contributed by atoms with Crippen LogP contribution in [0.25, 0.3) is 20.8 Å². The Hall–Kier alpha value is -2.51. The molecule has 4 rings (SSSR count). The molecule has 0 saturated carbocycles. The lowest BCUT2D eigenvalue weighted by Gasteiger charge is -2.11. The monoisotopic (exact) mass is 457 g/mol. The second-order valence-corrected chi connectivity index (χ2v) is 8.38. The minimum absolute atomic E-state index is 0.174. The molecule has 0 unspecified atom stereocenters. The summed E-state index contributed by atoms with van der Waals surface area (Å²) in [5.74, 6) is -0.342. The van der Waals surface area contributed by atoms with Crippen LogP contribution in [0, 0.1) is 0 Å². The first kappa shape index (κ1) is 19.8. The number of hydrogen-bond donors (Lipinski definition) is 2. The number of rotatable bonds is 3. The minimum atomic E-state index is -0.342. The van der Waals surface area contributed by atoms with Crippen molar-refractivity contribution in [3.05, 3.63) is 82.3 Å². The molecule has 1 aromatic heterocycles. The highest BCUT2D eigenvalue weighted by Gasteiger charge is 2.12. The Kier molecular flexibility index (Phi) is 5.78. The van der Waals surface area contributed by atoms with Gasteiger partial charge in [-0.2, -0.15) is 0 Å². The van der Waals surface area contributed by atoms with Crippen molar-refractivity contribution >= 4 is 73.7 Å². The zero-order valence-corrected chi connectivity index (χ0v) is 17.9. The second kappa shape index (κ2) is 8.47. The molecule has 0 radical (unpaired) electrons. The Bertz CT molecular complexity index is 1210. The maximum atomic E-state index is 12.3. The lowest BCUT2D eigenvalue weighted by atomic mass is 10.2. The van der Waals surface area contributed by atoms with Crippen molar-refractivity contribution in [1.29, 1.82) is 0 Å². The number of fused-ring (bicyclic) bond motifs is 1. The smallest absolute Gasteiger partial charge is 0.257 e. The maximum Gasteiger partial charge on any atom is 0.257 e. The van der Waals surface area contributed by atoms with Crippen molar-refractivity contribution in [2.75, 3.05) is 5.32 Å². The van der Waals surface area contributed by atoms with Crippen molar-refractivity contribution in [2.24, 2.45) is 0 Å². The molecule has 4 nitrogen and oxygen atoms in total. The summed E-state index contributed by atoms with van der Waals surface area (Å²) in [6.07, 6.45) is 0. The number of halogens is 2. The van der Waals surface area contributed by atoms with Crippen LogP contribution in [0.5, 0.6) is 0 Å². The lowest BCUT2D eigenvalue weighted by Crippen LogP contribution is -2.34. The van der Waals surface area contributed by atoms with Crippen molar-refractivity contribution in [1.82, 2.24) is 10.3 Å². The van der Waals surface area contributed by atoms with Crippen LogP contribution >= 0.6 is 46.8 Å². The molecule has 0 aliphatic rings. The lowest BCUT2D eigenvalue weighted by molar-refractivity contribution is 0.0977. The number of hydrogen-bond acceptors (Lipinski definition) is 4. The number of anilines is 1. The summed E-state index contributed by atoms with van der Waals surface area (Å²) < 4.78 is 1.08. The van der Waals surface area contributed by atoms with E-state index in [-0.39, 0.29) is 11.0 Å². The molecule has 1 heterocycles. The second-order valence-electron chi connectivity index (χ2n) is 6.10. The highest BCUT2D eigenvalue weighted by Crippen LogP contribution is 2.35. The van der Waals surface area contributed by atoms with E-state index in [0.717, 1.165) is 20.8 Å². The molecule has 0 saturated heterocycles. The van der Waals surface area contributed by atoms with Crippen LogP contribution < -0.4 is 10.6 Å². The standard InChI is InChI=1S/C21H13Cl2N3OS2/c22-13-5-3-4-12(10-13)19(27)26-21(28)24-14-8-9-16(23)15(11-14)20-25-17-6-1-2-7-18(17)29-20/h1-11H,(H2,24,26,27,28). The zero-order valence-electron chi connectivity index (χ0n) is 14.8. The average Bonchev–Trinajstić information content (AvgIpc) is 3.13. The third-order valence-corrected chi connectivity index (χ3v) is 5.90. The molecule has 3 aromatic carbocycles. The SMILES string of the molecule is O=C(NC(=S)Nc1ccc(Cl)c(-c2nc3ccccc3s2)c1)c1cccc(Cl)c1. The first-order chi connectivity index (χ1) is 14.0. The molecule has 4 aromatic rings. The van der Waals surface area contributed by atoms with Gasteiger partial charge in [-0.25, -0.2) is 4.98 Å². The highest BCUT2D eigenvalue weighted by molar-refractivity contribution is 7.80. The zero-order chi connectivity index (χ0) is 20.4. The first-order valence-electron chi connectivity index (χ1n) is 8.53. The molecule has 1 amide bonds. The molecular formula is C21H13Cl2N3OS2. The van der Waals surface area contributed by atoms with E-state index in [2.05, 4.69) is 15.6 Å². The van der Waals surface area contributed by atoms with Gasteiger partial charge >= 0.3 is 0 Å². The molecule has 8 heteroatoms. The van der Waals surface area contributed by atoms with E-state index in [1.807, 2.05) is 30.3 Å². The van der Waals surface area contributed by atoms with Gasteiger partial charge in [0.05, 0.1) is 15.2 Å². The Balaban J connectivity index is 1.53. The van der Waals surface area contributed by atoms with E-state index in [4.69, 9.17) is 35.4 Å². The normalized spacial score (nSPS) is 10.7. The number of thiazole rings is 1. The van der Waals surface area contributed by atoms with Crippen LogP contribution in [-0.4, -0.2) is 16.0 Å². The third kappa shape index (κ3) is 4.57. The fourth-order valence-corrected chi connectivity index (χ4v) is 4.38. The number of nitrogens with zero attached hydrogens (tertiary/aromatic N) is 1. The van der Waals surface area contributed by atoms with E-state index in [1.54, 1.807) is 47.7 Å². The third-order valence-electron chi connectivity index (χ3n) is 4.06. The number of carbonyl (C=O) groups excluding carboxylic acids is 1. The Morgan fingerprint density at radius 3 is 2.62 bits per heavy atom. The number of nitrogens with one attached hydrogen (secondary N) is 2. The van der Waals surface area contributed by atoms with Crippen molar-refractivity contribution < 1.29 is 4.79 Å². The molecule has 0 aliphatic heterocycles. The Labute approximate surface area is 186 Å². The van der Waals surface area contributed by atoms with E-state index in [1.165, 1.54) is 0 Å². The van der Waals surface area contributed by atoms with Crippen molar-refractivity contribution in [3.63, 3.8) is 0 Å². The first-order valence-corrected chi connectivity index (χ1v) is 10.5. The Morgan fingerprint density at radius 2 is 1.83 bits per heavy atom. The Morgan fingerprint density at radius 1 is 1.00 bits per heavy atom. The average molecular weight is 458 g/mol. The van der Waals surface area contributed by atoms with E-state index >= 15 is 0 Å². The number of para-hydroxylation sites is 1. The van der Waals surface area contributed by atoms with Gasteiger partial charge in [-0.15, -0.1) is 11.3 Å². The number of amides is 1. The number of carbonyl (C=O) groups is 1. The fraction of sp³-hybridized carbons (Fsp3) is 0. The molecule has 144 valence electrons. The summed E-state index contributed by atoms with van der Waals surface area (Å²) in [7, 11) is 0. The summed E-state index contributed by atoms with van der Waals surface area (Å²) in [4.78, 5) is 17.0. The summed E-state index contributed by atoms with van der Waals surface area (Å²) in [5.41, 5.74) is 2.83. The number of benzene rings is 3. The van der Waals surface area contributed by atoms with Crippen LogP contribution in [0.4, 0.5) is 5.69 Å². The largest absolute Gasteiger partial charge is 0.332 e. The summed E-state index contributed by atoms with van der Waals surface area (Å²) in [6, 6.07) is 20.0. The van der Waals surface area contributed by atoms with Crippen LogP contribution in [-0.2, 0) is 0 Å². The van der Waals surface area contributed by atoms with Crippen LogP contribution in [0.3, 0.4) is 0 Å². The van der Waals surface area contributed by atoms with Gasteiger partial charge in [0, 0.05) is 21.8 Å². The molecule has 0 spiro atoms. The minimum Gasteiger partial charge on any atom is -0.332 e. The predicted molar refractivity (Wildman–Crippen MR) is 125 cm³/mol. The van der Waals surface area contributed by atoms with Gasteiger partial charge in [0.2, 0.25) is 0 Å². The van der Waals surface area contributed by atoms with E-state index < -0.39 is 0 Å².